The molecule has 0 N–H and O–H groups in total. The second-order valence-electron chi connectivity index (χ2n) is 16.1. The summed E-state index contributed by atoms with van der Waals surface area (Å²) in [7, 11) is -3.91. The predicted octanol–water partition coefficient (Wildman–Crippen LogP) is 8.33. The first kappa shape index (κ1) is 39.2. The minimum atomic E-state index is -1.98. The first-order valence-corrected chi connectivity index (χ1v) is 23.6. The molecule has 0 saturated carbocycles. The van der Waals surface area contributed by atoms with Gasteiger partial charge in [0.1, 0.15) is 0 Å². The molecule has 0 aromatic heterocycles. The summed E-state index contributed by atoms with van der Waals surface area (Å²) in [4.78, 5) is 32.0. The first-order chi connectivity index (χ1) is 21.2. The van der Waals surface area contributed by atoms with Gasteiger partial charge in [0.25, 0.3) is 0 Å². The van der Waals surface area contributed by atoms with Gasteiger partial charge >= 0.3 is 0 Å². The number of benzene rings is 1. The Morgan fingerprint density at radius 3 is 2.09 bits per heavy atom. The molecule has 2 atom stereocenters. The lowest BCUT2D eigenvalue weighted by atomic mass is 10.0. The van der Waals surface area contributed by atoms with Gasteiger partial charge in [0, 0.05) is 51.8 Å². The van der Waals surface area contributed by atoms with Crippen molar-refractivity contribution in [3.8, 4) is 0 Å². The maximum Gasteiger partial charge on any atom is 0.246 e. The van der Waals surface area contributed by atoms with Crippen molar-refractivity contribution < 1.29 is 18.4 Å². The Hall–Kier alpha value is -1.21. The van der Waals surface area contributed by atoms with Crippen LogP contribution in [0.3, 0.4) is 0 Å². The highest BCUT2D eigenvalue weighted by Crippen LogP contribution is 2.41. The average molecular weight is 713 g/mol. The lowest BCUT2D eigenvalue weighted by Gasteiger charge is -2.48. The zero-order valence-electron chi connectivity index (χ0n) is 30.1. The molecule has 2 aliphatic rings. The highest BCUT2D eigenvalue weighted by Gasteiger charge is 2.46. The van der Waals surface area contributed by atoms with E-state index in [9.17, 15) is 9.59 Å². The molecular formula is C35H59Cl2N3O4Si2. The van der Waals surface area contributed by atoms with Crippen LogP contribution in [0.25, 0.3) is 6.08 Å². The van der Waals surface area contributed by atoms with E-state index in [1.54, 1.807) is 29.2 Å². The number of halogens is 2. The SMILES string of the molecule is CC(C)(C)[Si](C)(C)OC1CCN(CCCCN2CCN(C(=O)C=Cc3ccc(Cl)c(Cl)c3)CCC2=O)CC1O[Si](C)(C)C(C)(C)C. The Morgan fingerprint density at radius 1 is 0.870 bits per heavy atom. The molecule has 0 radical (unpaired) electrons. The molecule has 2 heterocycles. The number of likely N-dealkylation sites (tertiary alicyclic amines) is 1. The van der Waals surface area contributed by atoms with Gasteiger partial charge in [-0.2, -0.15) is 0 Å². The largest absolute Gasteiger partial charge is 0.411 e. The molecule has 3 rings (SSSR count). The van der Waals surface area contributed by atoms with Gasteiger partial charge in [-0.15, -0.1) is 0 Å². The lowest BCUT2D eigenvalue weighted by Crippen LogP contribution is -2.58. The molecule has 0 aliphatic carbocycles. The van der Waals surface area contributed by atoms with Crippen molar-refractivity contribution in [2.24, 2.45) is 0 Å². The minimum absolute atomic E-state index is 0.0743. The third-order valence-corrected chi connectivity index (χ3v) is 20.2. The normalized spacial score (nSPS) is 21.3. The molecule has 7 nitrogen and oxygen atoms in total. The highest BCUT2D eigenvalue weighted by atomic mass is 35.5. The van der Waals surface area contributed by atoms with Crippen LogP contribution in [-0.2, 0) is 18.4 Å². The fourth-order valence-electron chi connectivity index (χ4n) is 5.37. The van der Waals surface area contributed by atoms with Crippen LogP contribution >= 0.6 is 23.2 Å². The molecule has 0 bridgehead atoms. The Labute approximate surface area is 291 Å². The second kappa shape index (κ2) is 16.0. The fraction of sp³-hybridized carbons (Fsp3) is 0.714. The number of carbonyl (C=O) groups excluding carboxylic acids is 2. The van der Waals surface area contributed by atoms with Gasteiger partial charge in [0.2, 0.25) is 11.8 Å². The topological polar surface area (TPSA) is 62.3 Å². The van der Waals surface area contributed by atoms with Gasteiger partial charge in [-0.1, -0.05) is 70.8 Å². The minimum Gasteiger partial charge on any atom is -0.411 e. The number of rotatable bonds is 11. The quantitative estimate of drug-likeness (QED) is 0.131. The number of nitrogens with zero attached hydrogens (tertiary/aromatic N) is 3. The molecule has 2 aliphatic heterocycles. The van der Waals surface area contributed by atoms with Gasteiger partial charge in [-0.05, 0) is 85.8 Å². The predicted molar refractivity (Wildman–Crippen MR) is 198 cm³/mol. The smallest absolute Gasteiger partial charge is 0.246 e. The number of piperidine rings is 1. The van der Waals surface area contributed by atoms with Crippen molar-refractivity contribution in [2.75, 3.05) is 45.8 Å². The lowest BCUT2D eigenvalue weighted by molar-refractivity contribution is -0.130. The van der Waals surface area contributed by atoms with Gasteiger partial charge in [-0.3, -0.25) is 9.59 Å². The Bertz CT molecular complexity index is 1230. The van der Waals surface area contributed by atoms with E-state index in [0.29, 0.717) is 36.1 Å². The van der Waals surface area contributed by atoms with E-state index < -0.39 is 16.6 Å². The highest BCUT2D eigenvalue weighted by molar-refractivity contribution is 6.74. The van der Waals surface area contributed by atoms with Crippen molar-refractivity contribution >= 4 is 57.7 Å². The molecule has 1 aromatic rings. The van der Waals surface area contributed by atoms with E-state index in [1.807, 2.05) is 11.0 Å². The van der Waals surface area contributed by atoms with Crippen molar-refractivity contribution in [2.45, 2.75) is 116 Å². The second-order valence-corrected chi connectivity index (χ2v) is 26.4. The zero-order valence-corrected chi connectivity index (χ0v) is 33.6. The van der Waals surface area contributed by atoms with Gasteiger partial charge < -0.3 is 23.6 Å². The Kier molecular flexibility index (Phi) is 13.6. The average Bonchev–Trinajstić information content (AvgIpc) is 3.12. The first-order valence-electron chi connectivity index (χ1n) is 17.0. The standard InChI is InChI=1S/C35H59Cl2N3O4Si2/c1-34(2,3)45(7,8)43-30-17-21-38(26-31(30)44-46(9,10)35(4,5)6)19-11-12-20-39-23-24-40(22-18-33(39)42)32(41)16-14-27-13-15-28(36)29(37)25-27/h13-16,25,30-31H,11-12,17-24,26H2,1-10H3. The third kappa shape index (κ3) is 10.9. The Morgan fingerprint density at radius 2 is 1.48 bits per heavy atom. The summed E-state index contributed by atoms with van der Waals surface area (Å²) in [5.74, 6) is 0.0197. The van der Waals surface area contributed by atoms with Crippen LogP contribution in [-0.4, -0.2) is 101 Å². The summed E-state index contributed by atoms with van der Waals surface area (Å²) in [6.45, 7) is 28.3. The van der Waals surface area contributed by atoms with Crippen molar-refractivity contribution in [3.63, 3.8) is 0 Å². The van der Waals surface area contributed by atoms with Crippen molar-refractivity contribution in [3.05, 3.63) is 39.9 Å². The summed E-state index contributed by atoms with van der Waals surface area (Å²) in [5, 5.41) is 1.22. The molecule has 2 amide bonds. The number of hydrogen-bond acceptors (Lipinski definition) is 5. The number of unbranched alkanes of at least 4 members (excludes halogenated alkanes) is 1. The van der Waals surface area contributed by atoms with Crippen LogP contribution in [0.4, 0.5) is 0 Å². The Balaban J connectivity index is 1.51. The fourth-order valence-corrected chi connectivity index (χ4v) is 8.39. The molecule has 0 spiro atoms. The third-order valence-electron chi connectivity index (χ3n) is 10.5. The number of amides is 2. The molecule has 46 heavy (non-hydrogen) atoms. The van der Waals surface area contributed by atoms with Crippen LogP contribution in [0.15, 0.2) is 24.3 Å². The van der Waals surface area contributed by atoms with E-state index in [1.165, 1.54) is 0 Å². The van der Waals surface area contributed by atoms with E-state index >= 15 is 0 Å². The monoisotopic (exact) mass is 711 g/mol. The molecule has 11 heteroatoms. The van der Waals surface area contributed by atoms with Crippen molar-refractivity contribution in [1.82, 2.24) is 14.7 Å². The van der Waals surface area contributed by atoms with Gasteiger partial charge in [-0.25, -0.2) is 0 Å². The number of hydrogen-bond donors (Lipinski definition) is 0. The summed E-state index contributed by atoms with van der Waals surface area (Å²) < 4.78 is 14.0. The summed E-state index contributed by atoms with van der Waals surface area (Å²) >= 11 is 12.1. The zero-order chi connectivity index (χ0) is 34.5. The van der Waals surface area contributed by atoms with Gasteiger partial charge in [0.15, 0.2) is 16.6 Å². The van der Waals surface area contributed by atoms with Crippen LogP contribution in [0, 0.1) is 0 Å². The molecule has 2 fully saturated rings. The van der Waals surface area contributed by atoms with Crippen LogP contribution < -0.4 is 0 Å². The summed E-state index contributed by atoms with van der Waals surface area (Å²) in [6.07, 6.45) is 6.77. The van der Waals surface area contributed by atoms with Gasteiger partial charge in [0.05, 0.1) is 22.3 Å². The molecule has 2 unspecified atom stereocenters. The molecule has 1 aromatic carbocycles. The molecular weight excluding hydrogens is 653 g/mol. The van der Waals surface area contributed by atoms with Crippen LogP contribution in [0.2, 0.25) is 46.3 Å². The molecule has 260 valence electrons. The van der Waals surface area contributed by atoms with E-state index in [2.05, 4.69) is 72.6 Å². The van der Waals surface area contributed by atoms with E-state index in [0.717, 1.165) is 51.0 Å². The van der Waals surface area contributed by atoms with Crippen LogP contribution in [0.1, 0.15) is 72.8 Å². The number of carbonyl (C=O) groups is 2. The summed E-state index contributed by atoms with van der Waals surface area (Å²) in [6, 6.07) is 5.26. The summed E-state index contributed by atoms with van der Waals surface area (Å²) in [5.41, 5.74) is 0.806. The van der Waals surface area contributed by atoms with Crippen LogP contribution in [0.5, 0.6) is 0 Å². The maximum absolute atomic E-state index is 12.9. The van der Waals surface area contributed by atoms with Crippen molar-refractivity contribution in [1.29, 1.82) is 0 Å². The van der Waals surface area contributed by atoms with E-state index in [-0.39, 0.29) is 34.1 Å². The molecule has 2 saturated heterocycles. The maximum atomic E-state index is 12.9. The van der Waals surface area contributed by atoms with E-state index in [4.69, 9.17) is 32.1 Å².